The molecule has 0 radical (unpaired) electrons. The number of rotatable bonds is 5. The molecule has 0 spiro atoms. The number of benzene rings is 1. The molecule has 1 atom stereocenters. The summed E-state index contributed by atoms with van der Waals surface area (Å²) >= 11 is 0. The molecule has 23 heavy (non-hydrogen) atoms. The number of alkyl halides is 2. The van der Waals surface area contributed by atoms with Gasteiger partial charge in [0.25, 0.3) is 0 Å². The van der Waals surface area contributed by atoms with Crippen molar-refractivity contribution in [1.29, 1.82) is 0 Å². The van der Waals surface area contributed by atoms with Crippen LogP contribution in [0.2, 0.25) is 0 Å². The Morgan fingerprint density at radius 1 is 1.39 bits per heavy atom. The number of carbonyl (C=O) groups is 2. The first-order valence-electron chi connectivity index (χ1n) is 7.19. The maximum atomic E-state index is 14.2. The number of ether oxygens (including phenoxy) is 2. The molecule has 1 aliphatic heterocycles. The SMILES string of the molecule is CCOC(=O)C(F)(F)CC1(C)C(=O)N(C)c2c(OC)cccc21. The van der Waals surface area contributed by atoms with Gasteiger partial charge in [0.05, 0.1) is 24.8 Å². The highest BCUT2D eigenvalue weighted by Crippen LogP contribution is 2.50. The molecule has 0 aromatic heterocycles. The number of para-hydroxylation sites is 1. The number of anilines is 1. The lowest BCUT2D eigenvalue weighted by Crippen LogP contribution is -2.44. The van der Waals surface area contributed by atoms with Crippen LogP contribution in [0.1, 0.15) is 25.8 Å². The van der Waals surface area contributed by atoms with E-state index in [-0.39, 0.29) is 6.61 Å². The van der Waals surface area contributed by atoms with Crippen molar-refractivity contribution in [2.24, 2.45) is 0 Å². The Kier molecular flexibility index (Phi) is 4.32. The average molecular weight is 327 g/mol. The van der Waals surface area contributed by atoms with Gasteiger partial charge in [-0.15, -0.1) is 0 Å². The molecule has 1 unspecified atom stereocenters. The van der Waals surface area contributed by atoms with E-state index in [4.69, 9.17) is 4.74 Å². The van der Waals surface area contributed by atoms with Gasteiger partial charge in [0.15, 0.2) is 0 Å². The largest absolute Gasteiger partial charge is 0.495 e. The summed E-state index contributed by atoms with van der Waals surface area (Å²) in [4.78, 5) is 25.4. The summed E-state index contributed by atoms with van der Waals surface area (Å²) in [5.41, 5.74) is -0.676. The average Bonchev–Trinajstić information content (AvgIpc) is 2.69. The van der Waals surface area contributed by atoms with Gasteiger partial charge in [-0.3, -0.25) is 4.79 Å². The molecule has 1 heterocycles. The van der Waals surface area contributed by atoms with Crippen LogP contribution in [0.5, 0.6) is 5.75 Å². The molecule has 0 fully saturated rings. The summed E-state index contributed by atoms with van der Waals surface area (Å²) in [6.07, 6.45) is -0.956. The van der Waals surface area contributed by atoms with E-state index in [1.54, 1.807) is 18.2 Å². The van der Waals surface area contributed by atoms with E-state index < -0.39 is 29.6 Å². The fraction of sp³-hybridized carbons (Fsp3) is 0.500. The van der Waals surface area contributed by atoms with E-state index in [0.29, 0.717) is 17.0 Å². The number of carbonyl (C=O) groups excluding carboxylic acids is 2. The van der Waals surface area contributed by atoms with E-state index in [0.717, 1.165) is 0 Å². The number of esters is 1. The molecule has 0 N–H and O–H groups in total. The van der Waals surface area contributed by atoms with Crippen molar-refractivity contribution >= 4 is 17.6 Å². The maximum Gasteiger partial charge on any atom is 0.377 e. The molecule has 5 nitrogen and oxygen atoms in total. The standard InChI is InChI=1S/C16H19F2NO4/c1-5-23-14(21)16(17,18)9-15(2)10-7-6-8-11(22-4)12(10)19(3)13(15)20/h6-8H,5,9H2,1-4H3. The number of hydrogen-bond donors (Lipinski definition) is 0. The predicted molar refractivity (Wildman–Crippen MR) is 80.0 cm³/mol. The normalized spacial score (nSPS) is 20.4. The second-order valence-corrected chi connectivity index (χ2v) is 5.65. The fourth-order valence-corrected chi connectivity index (χ4v) is 2.99. The molecular weight excluding hydrogens is 308 g/mol. The number of methoxy groups -OCH3 is 1. The predicted octanol–water partition coefficient (Wildman–Crippen LogP) is 2.52. The van der Waals surface area contributed by atoms with E-state index in [1.807, 2.05) is 0 Å². The minimum atomic E-state index is -3.76. The van der Waals surface area contributed by atoms with Crippen LogP contribution >= 0.6 is 0 Å². The lowest BCUT2D eigenvalue weighted by molar-refractivity contribution is -0.174. The van der Waals surface area contributed by atoms with Gasteiger partial charge in [0.2, 0.25) is 5.91 Å². The number of likely N-dealkylation sites (N-methyl/N-ethyl adjacent to an activating group) is 1. The lowest BCUT2D eigenvalue weighted by atomic mass is 9.78. The van der Waals surface area contributed by atoms with Crippen molar-refractivity contribution in [3.63, 3.8) is 0 Å². The van der Waals surface area contributed by atoms with Gasteiger partial charge in [-0.2, -0.15) is 8.78 Å². The molecule has 0 aliphatic carbocycles. The molecule has 0 saturated heterocycles. The second kappa shape index (κ2) is 5.79. The van der Waals surface area contributed by atoms with Gasteiger partial charge in [0.1, 0.15) is 5.75 Å². The zero-order valence-electron chi connectivity index (χ0n) is 13.5. The smallest absolute Gasteiger partial charge is 0.377 e. The van der Waals surface area contributed by atoms with Crippen LogP contribution in [0.25, 0.3) is 0 Å². The van der Waals surface area contributed by atoms with Gasteiger partial charge >= 0.3 is 11.9 Å². The number of halogens is 2. The van der Waals surface area contributed by atoms with E-state index in [9.17, 15) is 18.4 Å². The van der Waals surface area contributed by atoms with Crippen molar-refractivity contribution in [3.05, 3.63) is 23.8 Å². The minimum absolute atomic E-state index is 0.149. The van der Waals surface area contributed by atoms with Crippen molar-refractivity contribution in [3.8, 4) is 5.75 Å². The van der Waals surface area contributed by atoms with Crippen LogP contribution in [0, 0.1) is 0 Å². The maximum absolute atomic E-state index is 14.2. The van der Waals surface area contributed by atoms with E-state index >= 15 is 0 Å². The third-order valence-corrected chi connectivity index (χ3v) is 4.08. The van der Waals surface area contributed by atoms with Crippen molar-refractivity contribution in [2.45, 2.75) is 31.6 Å². The van der Waals surface area contributed by atoms with Crippen LogP contribution in [0.15, 0.2) is 18.2 Å². The summed E-state index contributed by atoms with van der Waals surface area (Å²) in [7, 11) is 2.94. The Hall–Kier alpha value is -2.18. The zero-order valence-corrected chi connectivity index (χ0v) is 13.5. The Morgan fingerprint density at radius 2 is 2.04 bits per heavy atom. The molecule has 1 aliphatic rings. The van der Waals surface area contributed by atoms with E-state index in [1.165, 1.54) is 32.9 Å². The van der Waals surface area contributed by atoms with Crippen molar-refractivity contribution in [1.82, 2.24) is 0 Å². The topological polar surface area (TPSA) is 55.8 Å². The summed E-state index contributed by atoms with van der Waals surface area (Å²) in [6, 6.07) is 4.88. The zero-order chi connectivity index (χ0) is 17.4. The Balaban J connectivity index is 2.47. The van der Waals surface area contributed by atoms with Crippen LogP contribution in [-0.4, -0.2) is 38.6 Å². The van der Waals surface area contributed by atoms with Gasteiger partial charge < -0.3 is 14.4 Å². The number of hydrogen-bond acceptors (Lipinski definition) is 4. The highest BCUT2D eigenvalue weighted by Gasteiger charge is 2.55. The van der Waals surface area contributed by atoms with Crippen molar-refractivity contribution < 1.29 is 27.8 Å². The summed E-state index contributed by atoms with van der Waals surface area (Å²) in [6.45, 7) is 2.71. The van der Waals surface area contributed by atoms with Gasteiger partial charge in [-0.05, 0) is 25.5 Å². The van der Waals surface area contributed by atoms with Gasteiger partial charge in [-0.1, -0.05) is 12.1 Å². The van der Waals surface area contributed by atoms with Crippen LogP contribution < -0.4 is 9.64 Å². The number of nitrogens with zero attached hydrogens (tertiary/aromatic N) is 1. The quantitative estimate of drug-likeness (QED) is 0.780. The molecule has 1 aromatic carbocycles. The number of fused-ring (bicyclic) bond motifs is 1. The summed E-state index contributed by atoms with van der Waals surface area (Å²) in [5, 5.41) is 0. The van der Waals surface area contributed by atoms with Crippen LogP contribution in [0.3, 0.4) is 0 Å². The minimum Gasteiger partial charge on any atom is -0.495 e. The fourth-order valence-electron chi connectivity index (χ4n) is 2.99. The molecule has 126 valence electrons. The Bertz CT molecular complexity index is 647. The first-order valence-corrected chi connectivity index (χ1v) is 7.19. The van der Waals surface area contributed by atoms with Crippen LogP contribution in [-0.2, 0) is 19.7 Å². The second-order valence-electron chi connectivity index (χ2n) is 5.65. The van der Waals surface area contributed by atoms with Gasteiger partial charge in [0, 0.05) is 13.5 Å². The summed E-state index contributed by atoms with van der Waals surface area (Å²) in [5.74, 6) is -5.47. The van der Waals surface area contributed by atoms with E-state index in [2.05, 4.69) is 4.74 Å². The van der Waals surface area contributed by atoms with Gasteiger partial charge in [-0.25, -0.2) is 4.79 Å². The Morgan fingerprint density at radius 3 is 2.61 bits per heavy atom. The molecule has 1 aromatic rings. The third kappa shape index (κ3) is 2.64. The monoisotopic (exact) mass is 327 g/mol. The first-order chi connectivity index (χ1) is 10.7. The third-order valence-electron chi connectivity index (χ3n) is 4.08. The summed E-state index contributed by atoms with van der Waals surface area (Å²) < 4.78 is 38.0. The highest BCUT2D eigenvalue weighted by atomic mass is 19.3. The van der Waals surface area contributed by atoms with Crippen LogP contribution in [0.4, 0.5) is 14.5 Å². The molecule has 2 rings (SSSR count). The molecule has 0 saturated carbocycles. The first kappa shape index (κ1) is 17.2. The van der Waals surface area contributed by atoms with Crippen molar-refractivity contribution in [2.75, 3.05) is 25.7 Å². The molecular formula is C16H19F2NO4. The molecule has 0 bridgehead atoms. The lowest BCUT2D eigenvalue weighted by Gasteiger charge is -2.27. The number of amides is 1. The molecule has 7 heteroatoms. The highest BCUT2D eigenvalue weighted by molar-refractivity contribution is 6.09. The molecule has 1 amide bonds. The Labute approximate surface area is 133 Å².